The lowest BCUT2D eigenvalue weighted by Gasteiger charge is -1.99. The molecule has 0 aromatic carbocycles. The number of hydrogen-bond acceptors (Lipinski definition) is 5. The summed E-state index contributed by atoms with van der Waals surface area (Å²) < 4.78 is 7.08. The van der Waals surface area contributed by atoms with Crippen LogP contribution in [0.3, 0.4) is 0 Å². The highest BCUT2D eigenvalue weighted by Crippen LogP contribution is 2.24. The lowest BCUT2D eigenvalue weighted by atomic mass is 10.4. The normalized spacial score (nSPS) is 12.6. The van der Waals surface area contributed by atoms with E-state index in [1.54, 1.807) is 42.2 Å². The second-order valence-electron chi connectivity index (χ2n) is 3.68. The van der Waals surface area contributed by atoms with Crippen LogP contribution in [0.5, 0.6) is 0 Å². The van der Waals surface area contributed by atoms with E-state index in [-0.39, 0.29) is 0 Å². The van der Waals surface area contributed by atoms with Gasteiger partial charge in [0.15, 0.2) is 0 Å². The molecule has 0 amide bonds. The summed E-state index contributed by atoms with van der Waals surface area (Å²) in [5.41, 5.74) is 1.04. The highest BCUT2D eigenvalue weighted by molar-refractivity contribution is 7.14. The van der Waals surface area contributed by atoms with Crippen LogP contribution in [-0.4, -0.2) is 17.9 Å². The van der Waals surface area contributed by atoms with Crippen molar-refractivity contribution in [2.24, 2.45) is 10.1 Å². The largest absolute Gasteiger partial charge is 0.463 e. The standard InChI is InChI=1S/C13H11N3OS2/c1-14-13-16(15-8-10-4-2-6-17-10)11(9-19-13)12-5-3-7-18-12/h2-9H,1H3/b14-13?,15-8+. The van der Waals surface area contributed by atoms with Gasteiger partial charge in [0.05, 0.1) is 23.0 Å². The summed E-state index contributed by atoms with van der Waals surface area (Å²) in [6.07, 6.45) is 3.32. The van der Waals surface area contributed by atoms with Crippen molar-refractivity contribution in [3.8, 4) is 10.6 Å². The Hall–Kier alpha value is -1.92. The summed E-state index contributed by atoms with van der Waals surface area (Å²) in [5, 5.41) is 8.57. The smallest absolute Gasteiger partial charge is 0.205 e. The van der Waals surface area contributed by atoms with E-state index in [0.29, 0.717) is 0 Å². The van der Waals surface area contributed by atoms with Crippen molar-refractivity contribution >= 4 is 28.9 Å². The van der Waals surface area contributed by atoms with E-state index in [1.165, 1.54) is 4.88 Å². The highest BCUT2D eigenvalue weighted by Gasteiger charge is 2.07. The molecule has 0 saturated carbocycles. The molecule has 0 unspecified atom stereocenters. The Morgan fingerprint density at radius 1 is 1.26 bits per heavy atom. The van der Waals surface area contributed by atoms with Gasteiger partial charge in [-0.2, -0.15) is 5.10 Å². The molecule has 0 radical (unpaired) electrons. The van der Waals surface area contributed by atoms with Crippen LogP contribution in [0.1, 0.15) is 5.76 Å². The van der Waals surface area contributed by atoms with Crippen LogP contribution in [0, 0.1) is 0 Å². The van der Waals surface area contributed by atoms with Crippen molar-refractivity contribution in [1.29, 1.82) is 0 Å². The van der Waals surface area contributed by atoms with E-state index in [0.717, 1.165) is 16.3 Å². The molecule has 19 heavy (non-hydrogen) atoms. The quantitative estimate of drug-likeness (QED) is 0.682. The minimum Gasteiger partial charge on any atom is -0.463 e. The highest BCUT2D eigenvalue weighted by atomic mass is 32.1. The first-order chi connectivity index (χ1) is 9.38. The van der Waals surface area contributed by atoms with Gasteiger partial charge in [-0.05, 0) is 23.6 Å². The van der Waals surface area contributed by atoms with Crippen LogP contribution >= 0.6 is 22.7 Å². The number of hydrogen-bond donors (Lipinski definition) is 0. The lowest BCUT2D eigenvalue weighted by molar-refractivity contribution is 0.559. The molecule has 3 heterocycles. The molecule has 3 aromatic heterocycles. The van der Waals surface area contributed by atoms with Crippen molar-refractivity contribution in [3.05, 3.63) is 51.9 Å². The average Bonchev–Trinajstić information content (AvgIpc) is 3.16. The van der Waals surface area contributed by atoms with Crippen LogP contribution < -0.4 is 4.80 Å². The number of nitrogens with zero attached hydrogens (tertiary/aromatic N) is 3. The molecule has 3 aromatic rings. The fourth-order valence-corrected chi connectivity index (χ4v) is 3.23. The second kappa shape index (κ2) is 5.38. The zero-order chi connectivity index (χ0) is 13.1. The Balaban J connectivity index is 2.06. The van der Waals surface area contributed by atoms with E-state index in [4.69, 9.17) is 4.42 Å². The fraction of sp³-hybridized carbons (Fsp3) is 0.0769. The van der Waals surface area contributed by atoms with Gasteiger partial charge < -0.3 is 4.42 Å². The van der Waals surface area contributed by atoms with Gasteiger partial charge >= 0.3 is 0 Å². The molecular weight excluding hydrogens is 278 g/mol. The number of furan rings is 1. The molecule has 0 atom stereocenters. The van der Waals surface area contributed by atoms with E-state index in [9.17, 15) is 0 Å². The summed E-state index contributed by atoms with van der Waals surface area (Å²) in [4.78, 5) is 6.26. The molecule has 0 bridgehead atoms. The molecule has 3 rings (SSSR count). The van der Waals surface area contributed by atoms with Gasteiger partial charge in [0, 0.05) is 12.4 Å². The fourth-order valence-electron chi connectivity index (χ4n) is 1.64. The molecule has 0 saturated heterocycles. The summed E-state index contributed by atoms with van der Waals surface area (Å²) >= 11 is 3.25. The Kier molecular flexibility index (Phi) is 3.43. The molecule has 6 heteroatoms. The predicted molar refractivity (Wildman–Crippen MR) is 78.8 cm³/mol. The third kappa shape index (κ3) is 2.45. The molecule has 0 fully saturated rings. The minimum absolute atomic E-state index is 0.720. The Morgan fingerprint density at radius 2 is 2.21 bits per heavy atom. The zero-order valence-electron chi connectivity index (χ0n) is 10.2. The minimum atomic E-state index is 0.720. The first kappa shape index (κ1) is 12.1. The molecule has 4 nitrogen and oxygen atoms in total. The molecule has 0 aliphatic carbocycles. The van der Waals surface area contributed by atoms with Gasteiger partial charge in [0.25, 0.3) is 0 Å². The summed E-state index contributed by atoms with van der Waals surface area (Å²) in [5.74, 6) is 0.720. The maximum Gasteiger partial charge on any atom is 0.205 e. The Morgan fingerprint density at radius 3 is 2.89 bits per heavy atom. The SMILES string of the molecule is CN=c1scc(-c2cccs2)n1/N=C/c1ccco1. The van der Waals surface area contributed by atoms with Crippen LogP contribution in [0.2, 0.25) is 0 Å². The third-order valence-electron chi connectivity index (χ3n) is 2.49. The lowest BCUT2D eigenvalue weighted by Crippen LogP contribution is -2.11. The van der Waals surface area contributed by atoms with Crippen LogP contribution in [0.15, 0.2) is 55.8 Å². The number of thiophene rings is 1. The molecule has 96 valence electrons. The van der Waals surface area contributed by atoms with Crippen LogP contribution in [0.4, 0.5) is 0 Å². The van der Waals surface area contributed by atoms with E-state index in [1.807, 2.05) is 22.9 Å². The van der Waals surface area contributed by atoms with E-state index < -0.39 is 0 Å². The number of aromatic nitrogens is 1. The van der Waals surface area contributed by atoms with Gasteiger partial charge in [-0.25, -0.2) is 4.68 Å². The molecule has 0 spiro atoms. The third-order valence-corrected chi connectivity index (χ3v) is 4.29. The summed E-state index contributed by atoms with van der Waals surface area (Å²) in [6.45, 7) is 0. The topological polar surface area (TPSA) is 42.8 Å². The Labute approximate surface area is 118 Å². The molecule has 0 aliphatic heterocycles. The van der Waals surface area contributed by atoms with Crippen molar-refractivity contribution < 1.29 is 4.42 Å². The second-order valence-corrected chi connectivity index (χ2v) is 5.46. The van der Waals surface area contributed by atoms with Crippen molar-refractivity contribution in [2.75, 3.05) is 7.05 Å². The number of thiazole rings is 1. The molecule has 0 N–H and O–H groups in total. The molecular formula is C13H11N3OS2. The zero-order valence-corrected chi connectivity index (χ0v) is 11.8. The van der Waals surface area contributed by atoms with Crippen LogP contribution in [-0.2, 0) is 0 Å². The van der Waals surface area contributed by atoms with E-state index in [2.05, 4.69) is 26.9 Å². The van der Waals surface area contributed by atoms with Gasteiger partial charge in [-0.15, -0.1) is 22.7 Å². The monoisotopic (exact) mass is 289 g/mol. The van der Waals surface area contributed by atoms with E-state index >= 15 is 0 Å². The van der Waals surface area contributed by atoms with Gasteiger partial charge in [-0.1, -0.05) is 6.07 Å². The first-order valence-electron chi connectivity index (χ1n) is 5.63. The molecule has 0 aliphatic rings. The van der Waals surface area contributed by atoms with Crippen molar-refractivity contribution in [3.63, 3.8) is 0 Å². The first-order valence-corrected chi connectivity index (χ1v) is 7.39. The van der Waals surface area contributed by atoms with Crippen LogP contribution in [0.25, 0.3) is 10.6 Å². The van der Waals surface area contributed by atoms with Gasteiger partial charge in [0.1, 0.15) is 5.76 Å². The summed E-state index contributed by atoms with van der Waals surface area (Å²) in [7, 11) is 1.77. The Bertz CT molecular complexity index is 733. The van der Waals surface area contributed by atoms with Gasteiger partial charge in [-0.3, -0.25) is 4.99 Å². The van der Waals surface area contributed by atoms with Gasteiger partial charge in [0.2, 0.25) is 4.80 Å². The van der Waals surface area contributed by atoms with Crippen molar-refractivity contribution in [2.45, 2.75) is 0 Å². The summed E-state index contributed by atoms with van der Waals surface area (Å²) in [6, 6.07) is 7.81. The van der Waals surface area contributed by atoms with Crippen molar-refractivity contribution in [1.82, 2.24) is 4.68 Å². The maximum atomic E-state index is 5.25. The average molecular weight is 289 g/mol. The maximum absolute atomic E-state index is 5.25. The predicted octanol–water partition coefficient (Wildman–Crippen LogP) is 3.28. The number of rotatable bonds is 3.